The van der Waals surface area contributed by atoms with Gasteiger partial charge in [-0.1, -0.05) is 0 Å². The molecule has 2 rings (SSSR count). The van der Waals surface area contributed by atoms with Crippen molar-refractivity contribution in [2.45, 2.75) is 12.7 Å². The van der Waals surface area contributed by atoms with Crippen LogP contribution in [-0.2, 0) is 12.7 Å². The maximum absolute atomic E-state index is 13.6. The maximum atomic E-state index is 13.6. The predicted octanol–water partition coefficient (Wildman–Crippen LogP) is 1.79. The molecular formula is C11H5F5N4O. The first-order chi connectivity index (χ1) is 9.72. The molecule has 0 fully saturated rings. The van der Waals surface area contributed by atoms with E-state index in [4.69, 9.17) is 5.26 Å². The van der Waals surface area contributed by atoms with E-state index in [2.05, 4.69) is 5.10 Å². The van der Waals surface area contributed by atoms with Crippen molar-refractivity contribution in [1.29, 1.82) is 5.26 Å². The number of hydrogen-bond donors (Lipinski definition) is 1. The fourth-order valence-corrected chi connectivity index (χ4v) is 1.55. The van der Waals surface area contributed by atoms with Crippen molar-refractivity contribution >= 4 is 0 Å². The van der Waals surface area contributed by atoms with Crippen LogP contribution < -0.4 is 5.69 Å². The zero-order valence-corrected chi connectivity index (χ0v) is 10.0. The highest BCUT2D eigenvalue weighted by Gasteiger charge is 2.35. The smallest absolute Gasteiger partial charge is 0.285 e. The van der Waals surface area contributed by atoms with Gasteiger partial charge < -0.3 is 0 Å². The molecule has 1 N–H and O–H groups in total. The Morgan fingerprint density at radius 1 is 1.29 bits per heavy atom. The SMILES string of the molecule is N#Cc1cc(F)c(Cn2nc(C(F)(F)F)[nH]c2=O)cc1F. The second kappa shape index (κ2) is 5.01. The first kappa shape index (κ1) is 14.7. The van der Waals surface area contributed by atoms with Crippen LogP contribution in [0.4, 0.5) is 22.0 Å². The number of nitrogens with zero attached hydrogens (tertiary/aromatic N) is 3. The third kappa shape index (κ3) is 2.91. The molecule has 5 nitrogen and oxygen atoms in total. The molecule has 1 aromatic carbocycles. The number of aromatic nitrogens is 3. The Morgan fingerprint density at radius 2 is 1.95 bits per heavy atom. The number of nitrogens with one attached hydrogen (secondary N) is 1. The second-order valence-electron chi connectivity index (χ2n) is 3.97. The first-order valence-electron chi connectivity index (χ1n) is 5.34. The van der Waals surface area contributed by atoms with Gasteiger partial charge in [-0.25, -0.2) is 18.3 Å². The van der Waals surface area contributed by atoms with Crippen molar-refractivity contribution in [1.82, 2.24) is 14.8 Å². The van der Waals surface area contributed by atoms with Gasteiger partial charge in [-0.2, -0.15) is 18.4 Å². The Balaban J connectivity index is 2.40. The number of H-pyrrole nitrogens is 1. The van der Waals surface area contributed by atoms with Crippen molar-refractivity contribution in [3.05, 3.63) is 51.2 Å². The van der Waals surface area contributed by atoms with Gasteiger partial charge in [0.2, 0.25) is 5.82 Å². The monoisotopic (exact) mass is 304 g/mol. The molecule has 10 heteroatoms. The molecule has 0 amide bonds. The molecule has 0 unspecified atom stereocenters. The summed E-state index contributed by atoms with van der Waals surface area (Å²) < 4.78 is 64.3. The van der Waals surface area contributed by atoms with E-state index in [1.54, 1.807) is 0 Å². The molecule has 0 aliphatic heterocycles. The summed E-state index contributed by atoms with van der Waals surface area (Å²) in [7, 11) is 0. The summed E-state index contributed by atoms with van der Waals surface area (Å²) in [5.74, 6) is -3.62. The van der Waals surface area contributed by atoms with Crippen LogP contribution in [0, 0.1) is 23.0 Å². The zero-order valence-electron chi connectivity index (χ0n) is 10.0. The highest BCUT2D eigenvalue weighted by Crippen LogP contribution is 2.24. The quantitative estimate of drug-likeness (QED) is 0.860. The topological polar surface area (TPSA) is 74.5 Å². The summed E-state index contributed by atoms with van der Waals surface area (Å²) in [5, 5.41) is 11.5. The summed E-state index contributed by atoms with van der Waals surface area (Å²) in [5.41, 5.74) is -2.18. The summed E-state index contributed by atoms with van der Waals surface area (Å²) in [6.07, 6.45) is -4.86. The fraction of sp³-hybridized carbons (Fsp3) is 0.182. The number of alkyl halides is 3. The lowest BCUT2D eigenvalue weighted by molar-refractivity contribution is -0.145. The molecule has 0 saturated heterocycles. The zero-order chi connectivity index (χ0) is 15.8. The average Bonchev–Trinajstić information content (AvgIpc) is 2.75. The van der Waals surface area contributed by atoms with E-state index >= 15 is 0 Å². The van der Waals surface area contributed by atoms with Crippen LogP contribution in [0.2, 0.25) is 0 Å². The van der Waals surface area contributed by atoms with Crippen molar-refractivity contribution in [3.8, 4) is 6.07 Å². The summed E-state index contributed by atoms with van der Waals surface area (Å²) >= 11 is 0. The Bertz CT molecular complexity index is 783. The molecule has 0 bridgehead atoms. The van der Waals surface area contributed by atoms with Crippen LogP contribution in [-0.4, -0.2) is 14.8 Å². The van der Waals surface area contributed by atoms with Crippen LogP contribution in [0.15, 0.2) is 16.9 Å². The third-order valence-electron chi connectivity index (χ3n) is 2.53. The van der Waals surface area contributed by atoms with Crippen molar-refractivity contribution in [2.75, 3.05) is 0 Å². The standard InChI is InChI=1S/C11H5F5N4O/c12-7-2-6(8(13)1-5(7)3-17)4-20-10(21)18-9(19-20)11(14,15)16/h1-2H,4H2,(H,18,19,21). The lowest BCUT2D eigenvalue weighted by Gasteiger charge is -2.04. The molecule has 0 saturated carbocycles. The Morgan fingerprint density at radius 3 is 2.48 bits per heavy atom. The molecule has 2 aromatic rings. The van der Waals surface area contributed by atoms with E-state index in [0.717, 1.165) is 0 Å². The van der Waals surface area contributed by atoms with Crippen LogP contribution >= 0.6 is 0 Å². The normalized spacial score (nSPS) is 11.4. The lowest BCUT2D eigenvalue weighted by Crippen LogP contribution is -2.19. The fourth-order valence-electron chi connectivity index (χ4n) is 1.55. The van der Waals surface area contributed by atoms with Crippen molar-refractivity contribution in [3.63, 3.8) is 0 Å². The molecular weight excluding hydrogens is 299 g/mol. The van der Waals surface area contributed by atoms with Crippen LogP contribution in [0.25, 0.3) is 0 Å². The van der Waals surface area contributed by atoms with E-state index in [1.165, 1.54) is 11.1 Å². The van der Waals surface area contributed by atoms with Crippen molar-refractivity contribution < 1.29 is 22.0 Å². The molecule has 110 valence electrons. The molecule has 0 aliphatic carbocycles. The second-order valence-corrected chi connectivity index (χ2v) is 3.97. The summed E-state index contributed by atoms with van der Waals surface area (Å²) in [6, 6.07) is 2.63. The van der Waals surface area contributed by atoms with Crippen molar-refractivity contribution in [2.24, 2.45) is 0 Å². The number of nitriles is 1. The van der Waals surface area contributed by atoms with Gasteiger partial charge in [-0.3, -0.25) is 4.98 Å². The predicted molar refractivity (Wildman–Crippen MR) is 58.0 cm³/mol. The minimum absolute atomic E-state index is 0.312. The lowest BCUT2D eigenvalue weighted by atomic mass is 10.1. The highest BCUT2D eigenvalue weighted by atomic mass is 19.4. The Kier molecular flexibility index (Phi) is 3.51. The number of benzene rings is 1. The van der Waals surface area contributed by atoms with Crippen LogP contribution in [0.3, 0.4) is 0 Å². The molecule has 1 aromatic heterocycles. The minimum atomic E-state index is -4.86. The largest absolute Gasteiger partial charge is 0.451 e. The van der Waals surface area contributed by atoms with Crippen LogP contribution in [0.5, 0.6) is 0 Å². The molecule has 0 radical (unpaired) electrons. The minimum Gasteiger partial charge on any atom is -0.285 e. The van der Waals surface area contributed by atoms with E-state index in [-0.39, 0.29) is 0 Å². The third-order valence-corrected chi connectivity index (χ3v) is 2.53. The molecule has 0 aliphatic rings. The maximum Gasteiger partial charge on any atom is 0.451 e. The van der Waals surface area contributed by atoms with Gasteiger partial charge in [0.15, 0.2) is 0 Å². The van der Waals surface area contributed by atoms with E-state index in [9.17, 15) is 26.7 Å². The van der Waals surface area contributed by atoms with E-state index in [0.29, 0.717) is 16.8 Å². The summed E-state index contributed by atoms with van der Waals surface area (Å²) in [4.78, 5) is 12.8. The number of rotatable bonds is 2. The average molecular weight is 304 g/mol. The highest BCUT2D eigenvalue weighted by molar-refractivity contribution is 5.34. The van der Waals surface area contributed by atoms with Gasteiger partial charge in [0.1, 0.15) is 17.7 Å². The molecule has 0 spiro atoms. The Hall–Kier alpha value is -2.70. The van der Waals surface area contributed by atoms with Gasteiger partial charge in [0.25, 0.3) is 0 Å². The van der Waals surface area contributed by atoms with Gasteiger partial charge in [-0.15, -0.1) is 5.10 Å². The van der Waals surface area contributed by atoms with Crippen LogP contribution in [0.1, 0.15) is 17.0 Å². The number of hydrogen-bond acceptors (Lipinski definition) is 3. The molecule has 21 heavy (non-hydrogen) atoms. The summed E-state index contributed by atoms with van der Waals surface area (Å²) in [6.45, 7) is -0.708. The Labute approximate surface area is 113 Å². The van der Waals surface area contributed by atoms with E-state index < -0.39 is 47.0 Å². The number of aromatic amines is 1. The van der Waals surface area contributed by atoms with Gasteiger partial charge >= 0.3 is 11.9 Å². The molecule has 1 heterocycles. The van der Waals surface area contributed by atoms with Gasteiger partial charge in [0.05, 0.1) is 12.1 Å². The molecule has 0 atom stereocenters. The number of halogens is 5. The van der Waals surface area contributed by atoms with Gasteiger partial charge in [-0.05, 0) is 12.1 Å². The first-order valence-corrected chi connectivity index (χ1v) is 5.34. The van der Waals surface area contributed by atoms with E-state index in [1.807, 2.05) is 0 Å². The van der Waals surface area contributed by atoms with Gasteiger partial charge in [0, 0.05) is 5.56 Å².